The predicted molar refractivity (Wildman–Crippen MR) is 137 cm³/mol. The first kappa shape index (κ1) is 28.3. The van der Waals surface area contributed by atoms with E-state index in [0.29, 0.717) is 12.2 Å². The van der Waals surface area contributed by atoms with Crippen molar-refractivity contribution in [3.05, 3.63) is 65.5 Å². The molecule has 0 spiro atoms. The van der Waals surface area contributed by atoms with Gasteiger partial charge in [0.15, 0.2) is 0 Å². The van der Waals surface area contributed by atoms with Gasteiger partial charge < -0.3 is 10.2 Å². The molecule has 2 amide bonds. The standard InChI is InChI=1S/C26H36FN3O4S/c1-18(2)15-28-26(32)20(5)29(16-21-11-7-9-13-23(21)27)25(31)17-30(35(6,33)34)24-14-10-8-12-22(24)19(3)4/h7-14,18-20H,15-17H2,1-6H3,(H,28,32). The number of nitrogens with zero attached hydrogens (tertiary/aromatic N) is 2. The first-order chi connectivity index (χ1) is 16.3. The van der Waals surface area contributed by atoms with E-state index in [2.05, 4.69) is 5.32 Å². The van der Waals surface area contributed by atoms with Crippen LogP contribution in [0.5, 0.6) is 0 Å². The van der Waals surface area contributed by atoms with Crippen molar-refractivity contribution in [2.24, 2.45) is 5.92 Å². The Morgan fingerprint density at radius 2 is 1.57 bits per heavy atom. The number of anilines is 1. The van der Waals surface area contributed by atoms with E-state index in [9.17, 15) is 22.4 Å². The lowest BCUT2D eigenvalue weighted by atomic mass is 10.0. The Labute approximate surface area is 208 Å². The van der Waals surface area contributed by atoms with Crippen molar-refractivity contribution in [1.29, 1.82) is 0 Å². The van der Waals surface area contributed by atoms with Gasteiger partial charge in [-0.15, -0.1) is 0 Å². The number of carbonyl (C=O) groups excluding carboxylic acids is 2. The van der Waals surface area contributed by atoms with Crippen LogP contribution >= 0.6 is 0 Å². The van der Waals surface area contributed by atoms with E-state index in [1.165, 1.54) is 23.1 Å². The molecular formula is C26H36FN3O4S. The first-order valence-electron chi connectivity index (χ1n) is 11.7. The topological polar surface area (TPSA) is 86.8 Å². The summed E-state index contributed by atoms with van der Waals surface area (Å²) in [5.74, 6) is -1.29. The van der Waals surface area contributed by atoms with Crippen molar-refractivity contribution in [3.8, 4) is 0 Å². The molecule has 0 bridgehead atoms. The highest BCUT2D eigenvalue weighted by atomic mass is 32.2. The minimum absolute atomic E-state index is 0.0146. The molecule has 2 rings (SSSR count). The van der Waals surface area contributed by atoms with Crippen molar-refractivity contribution in [1.82, 2.24) is 10.2 Å². The Hall–Kier alpha value is -2.94. The normalized spacial score (nSPS) is 12.5. The summed E-state index contributed by atoms with van der Waals surface area (Å²) in [4.78, 5) is 27.6. The number of hydrogen-bond acceptors (Lipinski definition) is 4. The number of benzene rings is 2. The minimum atomic E-state index is -3.84. The van der Waals surface area contributed by atoms with E-state index >= 15 is 0 Å². The van der Waals surface area contributed by atoms with E-state index in [4.69, 9.17) is 0 Å². The zero-order valence-corrected chi connectivity index (χ0v) is 22.1. The Morgan fingerprint density at radius 1 is 0.971 bits per heavy atom. The summed E-state index contributed by atoms with van der Waals surface area (Å²) in [5.41, 5.74) is 1.41. The molecule has 1 N–H and O–H groups in total. The van der Waals surface area contributed by atoms with Crippen LogP contribution in [0.15, 0.2) is 48.5 Å². The summed E-state index contributed by atoms with van der Waals surface area (Å²) in [5, 5.41) is 2.80. The van der Waals surface area contributed by atoms with Crippen LogP contribution in [-0.4, -0.2) is 50.5 Å². The highest BCUT2D eigenvalue weighted by Crippen LogP contribution is 2.29. The maximum atomic E-state index is 14.4. The quantitative estimate of drug-likeness (QED) is 0.502. The summed E-state index contributed by atoms with van der Waals surface area (Å²) < 4.78 is 41.0. The molecule has 0 aliphatic heterocycles. The molecule has 7 nitrogen and oxygen atoms in total. The van der Waals surface area contributed by atoms with Crippen molar-refractivity contribution in [2.75, 3.05) is 23.7 Å². The highest BCUT2D eigenvalue weighted by molar-refractivity contribution is 7.92. The SMILES string of the molecule is CC(C)CNC(=O)C(C)N(Cc1ccccc1F)C(=O)CN(c1ccccc1C(C)C)S(C)(=O)=O. The van der Waals surface area contributed by atoms with Gasteiger partial charge in [0, 0.05) is 18.7 Å². The van der Waals surface area contributed by atoms with E-state index in [1.807, 2.05) is 39.8 Å². The van der Waals surface area contributed by atoms with Crippen LogP contribution < -0.4 is 9.62 Å². The van der Waals surface area contributed by atoms with Gasteiger partial charge in [-0.1, -0.05) is 64.1 Å². The van der Waals surface area contributed by atoms with Crippen LogP contribution in [0, 0.1) is 11.7 Å². The van der Waals surface area contributed by atoms with Crippen molar-refractivity contribution in [3.63, 3.8) is 0 Å². The summed E-state index contributed by atoms with van der Waals surface area (Å²) in [6.45, 7) is 9.06. The summed E-state index contributed by atoms with van der Waals surface area (Å²) in [7, 11) is -3.84. The van der Waals surface area contributed by atoms with Gasteiger partial charge in [-0.3, -0.25) is 13.9 Å². The van der Waals surface area contributed by atoms with E-state index in [-0.39, 0.29) is 23.9 Å². The lowest BCUT2D eigenvalue weighted by Crippen LogP contribution is -2.51. The molecule has 0 aromatic heterocycles. The molecule has 9 heteroatoms. The third-order valence-corrected chi connectivity index (χ3v) is 6.78. The van der Waals surface area contributed by atoms with Crippen LogP contribution in [0.1, 0.15) is 51.7 Å². The molecule has 35 heavy (non-hydrogen) atoms. The number of nitrogens with one attached hydrogen (secondary N) is 1. The maximum Gasteiger partial charge on any atom is 0.244 e. The lowest BCUT2D eigenvalue weighted by molar-refractivity contribution is -0.139. The number of halogens is 1. The zero-order valence-electron chi connectivity index (χ0n) is 21.3. The van der Waals surface area contributed by atoms with Crippen molar-refractivity contribution in [2.45, 2.75) is 53.1 Å². The van der Waals surface area contributed by atoms with E-state index in [1.54, 1.807) is 25.1 Å². The van der Waals surface area contributed by atoms with Gasteiger partial charge in [-0.05, 0) is 36.5 Å². The fourth-order valence-electron chi connectivity index (χ4n) is 3.64. The third kappa shape index (κ3) is 7.78. The molecule has 0 saturated heterocycles. The molecule has 2 aromatic rings. The Balaban J connectivity index is 2.45. The van der Waals surface area contributed by atoms with Crippen LogP contribution in [0.25, 0.3) is 0 Å². The van der Waals surface area contributed by atoms with Crippen molar-refractivity contribution >= 4 is 27.5 Å². The van der Waals surface area contributed by atoms with Crippen LogP contribution in [-0.2, 0) is 26.2 Å². The molecular weight excluding hydrogens is 469 g/mol. The number of rotatable bonds is 11. The molecule has 0 aliphatic rings. The number of para-hydroxylation sites is 1. The molecule has 0 radical (unpaired) electrons. The average molecular weight is 506 g/mol. The summed E-state index contributed by atoms with van der Waals surface area (Å²) in [6.07, 6.45) is 1.04. The monoisotopic (exact) mass is 505 g/mol. The molecule has 192 valence electrons. The second-order valence-electron chi connectivity index (χ2n) is 9.41. The number of sulfonamides is 1. The van der Waals surface area contributed by atoms with Crippen molar-refractivity contribution < 1.29 is 22.4 Å². The van der Waals surface area contributed by atoms with Gasteiger partial charge in [0.25, 0.3) is 0 Å². The Morgan fingerprint density at radius 3 is 2.14 bits per heavy atom. The fraction of sp³-hybridized carbons (Fsp3) is 0.462. The molecule has 1 unspecified atom stereocenters. The molecule has 0 fully saturated rings. The second kappa shape index (κ2) is 12.2. The second-order valence-corrected chi connectivity index (χ2v) is 11.3. The van der Waals surface area contributed by atoms with Gasteiger partial charge in [-0.25, -0.2) is 12.8 Å². The van der Waals surface area contributed by atoms with Crippen LogP contribution in [0.2, 0.25) is 0 Å². The summed E-state index contributed by atoms with van der Waals surface area (Å²) in [6, 6.07) is 12.1. The first-order valence-corrected chi connectivity index (χ1v) is 13.5. The fourth-order valence-corrected chi connectivity index (χ4v) is 4.51. The molecule has 1 atom stereocenters. The van der Waals surface area contributed by atoms with Gasteiger partial charge in [-0.2, -0.15) is 0 Å². The van der Waals surface area contributed by atoms with Crippen LogP contribution in [0.3, 0.4) is 0 Å². The van der Waals surface area contributed by atoms with Gasteiger partial charge in [0.2, 0.25) is 21.8 Å². The molecule has 0 saturated carbocycles. The van der Waals surface area contributed by atoms with E-state index < -0.39 is 40.2 Å². The number of carbonyl (C=O) groups is 2. The number of hydrogen-bond donors (Lipinski definition) is 1. The third-order valence-electron chi connectivity index (χ3n) is 5.66. The average Bonchev–Trinajstić information content (AvgIpc) is 2.79. The van der Waals surface area contributed by atoms with Gasteiger partial charge >= 0.3 is 0 Å². The minimum Gasteiger partial charge on any atom is -0.354 e. The molecule has 0 heterocycles. The zero-order chi connectivity index (χ0) is 26.3. The summed E-state index contributed by atoms with van der Waals surface area (Å²) >= 11 is 0. The lowest BCUT2D eigenvalue weighted by Gasteiger charge is -2.32. The highest BCUT2D eigenvalue weighted by Gasteiger charge is 2.31. The predicted octanol–water partition coefficient (Wildman–Crippen LogP) is 3.90. The maximum absolute atomic E-state index is 14.4. The molecule has 0 aliphatic carbocycles. The molecule has 2 aromatic carbocycles. The smallest absolute Gasteiger partial charge is 0.244 e. The number of amides is 2. The van der Waals surface area contributed by atoms with Gasteiger partial charge in [0.05, 0.1) is 11.9 Å². The largest absolute Gasteiger partial charge is 0.354 e. The van der Waals surface area contributed by atoms with Crippen LogP contribution in [0.4, 0.5) is 10.1 Å². The van der Waals surface area contributed by atoms with Gasteiger partial charge in [0.1, 0.15) is 18.4 Å². The Kier molecular flexibility index (Phi) is 9.82. The van der Waals surface area contributed by atoms with E-state index in [0.717, 1.165) is 16.1 Å². The Bertz CT molecular complexity index is 1130.